The highest BCUT2D eigenvalue weighted by atomic mass is 19.2. The maximum Gasteiger partial charge on any atom is 0.159 e. The van der Waals surface area contributed by atoms with Gasteiger partial charge in [-0.3, -0.25) is 0 Å². The summed E-state index contributed by atoms with van der Waals surface area (Å²) in [4.78, 5) is 0. The maximum atomic E-state index is 13.2. The molecule has 0 aliphatic carbocycles. The number of halogens is 2. The van der Waals surface area contributed by atoms with Gasteiger partial charge in [0.15, 0.2) is 11.6 Å². The number of ether oxygens (including phenoxy) is 1. The van der Waals surface area contributed by atoms with Gasteiger partial charge >= 0.3 is 0 Å². The molecule has 2 nitrogen and oxygen atoms in total. The standard InChI is InChI=1S/C16H16F2O2/c1-9-7-15(20-3)10(2)6-12(9)16(19)11-4-5-13(17)14(18)8-11/h4-8,16,19H,1-3H3. The monoisotopic (exact) mass is 278 g/mol. The van der Waals surface area contributed by atoms with Gasteiger partial charge < -0.3 is 9.84 Å². The van der Waals surface area contributed by atoms with E-state index < -0.39 is 17.7 Å². The van der Waals surface area contributed by atoms with E-state index in [1.54, 1.807) is 13.2 Å². The largest absolute Gasteiger partial charge is 0.496 e. The lowest BCUT2D eigenvalue weighted by atomic mass is 9.95. The number of aryl methyl sites for hydroxylation is 2. The maximum absolute atomic E-state index is 13.2. The molecule has 20 heavy (non-hydrogen) atoms. The van der Waals surface area contributed by atoms with Crippen LogP contribution in [0.3, 0.4) is 0 Å². The summed E-state index contributed by atoms with van der Waals surface area (Å²) in [6, 6.07) is 7.01. The Morgan fingerprint density at radius 1 is 1.00 bits per heavy atom. The van der Waals surface area contributed by atoms with Crippen molar-refractivity contribution in [3.63, 3.8) is 0 Å². The Morgan fingerprint density at radius 3 is 2.30 bits per heavy atom. The molecule has 2 aromatic rings. The minimum atomic E-state index is -1.00. The van der Waals surface area contributed by atoms with E-state index in [4.69, 9.17) is 4.74 Å². The lowest BCUT2D eigenvalue weighted by Gasteiger charge is -2.17. The molecule has 1 unspecified atom stereocenters. The quantitative estimate of drug-likeness (QED) is 0.928. The van der Waals surface area contributed by atoms with Gasteiger partial charge in [-0.1, -0.05) is 6.07 Å². The predicted molar refractivity (Wildman–Crippen MR) is 72.9 cm³/mol. The predicted octanol–water partition coefficient (Wildman–Crippen LogP) is 3.67. The highest BCUT2D eigenvalue weighted by Crippen LogP contribution is 2.30. The van der Waals surface area contributed by atoms with E-state index in [0.29, 0.717) is 11.1 Å². The van der Waals surface area contributed by atoms with Gasteiger partial charge in [-0.15, -0.1) is 0 Å². The molecule has 0 saturated carbocycles. The first-order chi connectivity index (χ1) is 9.43. The van der Waals surface area contributed by atoms with Crippen LogP contribution in [0.4, 0.5) is 8.78 Å². The number of aliphatic hydroxyl groups excluding tert-OH is 1. The summed E-state index contributed by atoms with van der Waals surface area (Å²) < 4.78 is 31.4. The average Bonchev–Trinajstić information content (AvgIpc) is 2.43. The summed E-state index contributed by atoms with van der Waals surface area (Å²) in [7, 11) is 1.58. The minimum absolute atomic E-state index is 0.316. The molecular weight excluding hydrogens is 262 g/mol. The first-order valence-electron chi connectivity index (χ1n) is 6.22. The highest BCUT2D eigenvalue weighted by Gasteiger charge is 2.16. The molecule has 0 aliphatic rings. The van der Waals surface area contributed by atoms with Crippen LogP contribution in [-0.4, -0.2) is 12.2 Å². The van der Waals surface area contributed by atoms with Crippen LogP contribution < -0.4 is 4.74 Å². The third-order valence-electron chi connectivity index (χ3n) is 3.34. The molecular formula is C16H16F2O2. The van der Waals surface area contributed by atoms with Crippen LogP contribution in [0.5, 0.6) is 5.75 Å². The molecule has 2 aromatic carbocycles. The Hall–Kier alpha value is -1.94. The van der Waals surface area contributed by atoms with Gasteiger partial charge in [0.25, 0.3) is 0 Å². The third kappa shape index (κ3) is 2.65. The van der Waals surface area contributed by atoms with E-state index in [1.165, 1.54) is 6.07 Å². The molecule has 4 heteroatoms. The summed E-state index contributed by atoms with van der Waals surface area (Å²) in [5.74, 6) is -1.17. The van der Waals surface area contributed by atoms with E-state index >= 15 is 0 Å². The second-order valence-corrected chi connectivity index (χ2v) is 4.75. The Labute approximate surface area is 116 Å². The zero-order valence-electron chi connectivity index (χ0n) is 11.6. The van der Waals surface area contributed by atoms with E-state index in [9.17, 15) is 13.9 Å². The first kappa shape index (κ1) is 14.5. The van der Waals surface area contributed by atoms with Crippen LogP contribution in [0.2, 0.25) is 0 Å². The van der Waals surface area contributed by atoms with Crippen molar-refractivity contribution in [3.05, 3.63) is 64.2 Å². The van der Waals surface area contributed by atoms with Crippen molar-refractivity contribution in [2.75, 3.05) is 7.11 Å². The molecule has 106 valence electrons. The normalized spacial score (nSPS) is 12.3. The molecule has 0 spiro atoms. The second kappa shape index (κ2) is 5.59. The molecule has 0 heterocycles. The van der Waals surface area contributed by atoms with Gasteiger partial charge in [0.2, 0.25) is 0 Å². The van der Waals surface area contributed by atoms with Crippen molar-refractivity contribution in [1.29, 1.82) is 0 Å². The summed E-state index contributed by atoms with van der Waals surface area (Å²) in [6.45, 7) is 3.69. The number of benzene rings is 2. The van der Waals surface area contributed by atoms with Crippen molar-refractivity contribution >= 4 is 0 Å². The lowest BCUT2D eigenvalue weighted by molar-refractivity contribution is 0.218. The van der Waals surface area contributed by atoms with Crippen molar-refractivity contribution in [2.24, 2.45) is 0 Å². The lowest BCUT2D eigenvalue weighted by Crippen LogP contribution is -2.04. The average molecular weight is 278 g/mol. The Bertz CT molecular complexity index is 639. The molecule has 0 amide bonds. The molecule has 0 fully saturated rings. The Balaban J connectivity index is 2.45. The molecule has 0 saturated heterocycles. The van der Waals surface area contributed by atoms with Gasteiger partial charge in [0.05, 0.1) is 7.11 Å². The minimum Gasteiger partial charge on any atom is -0.496 e. The topological polar surface area (TPSA) is 29.5 Å². The number of methoxy groups -OCH3 is 1. The molecule has 1 atom stereocenters. The third-order valence-corrected chi connectivity index (χ3v) is 3.34. The number of rotatable bonds is 3. The summed E-state index contributed by atoms with van der Waals surface area (Å²) >= 11 is 0. The van der Waals surface area contributed by atoms with E-state index in [-0.39, 0.29) is 0 Å². The summed E-state index contributed by atoms with van der Waals surface area (Å²) in [6.07, 6.45) is -1.00. The number of hydrogen-bond donors (Lipinski definition) is 1. The molecule has 0 aliphatic heterocycles. The zero-order chi connectivity index (χ0) is 14.9. The van der Waals surface area contributed by atoms with E-state index in [0.717, 1.165) is 29.0 Å². The van der Waals surface area contributed by atoms with Crippen LogP contribution in [0.15, 0.2) is 30.3 Å². The fourth-order valence-electron chi connectivity index (χ4n) is 2.19. The van der Waals surface area contributed by atoms with Crippen molar-refractivity contribution in [3.8, 4) is 5.75 Å². The second-order valence-electron chi connectivity index (χ2n) is 4.75. The van der Waals surface area contributed by atoms with Gasteiger partial charge in [-0.2, -0.15) is 0 Å². The van der Waals surface area contributed by atoms with Crippen LogP contribution in [0, 0.1) is 25.5 Å². The molecule has 1 N–H and O–H groups in total. The van der Waals surface area contributed by atoms with Crippen molar-refractivity contribution < 1.29 is 18.6 Å². The zero-order valence-corrected chi connectivity index (χ0v) is 11.6. The molecule has 0 aromatic heterocycles. The van der Waals surface area contributed by atoms with Crippen LogP contribution in [0.25, 0.3) is 0 Å². The molecule has 0 radical (unpaired) electrons. The van der Waals surface area contributed by atoms with Crippen molar-refractivity contribution in [2.45, 2.75) is 20.0 Å². The Morgan fingerprint density at radius 2 is 1.70 bits per heavy atom. The fourth-order valence-corrected chi connectivity index (χ4v) is 2.19. The van der Waals surface area contributed by atoms with Crippen LogP contribution in [0.1, 0.15) is 28.4 Å². The molecule has 2 rings (SSSR count). The van der Waals surface area contributed by atoms with Gasteiger partial charge in [0.1, 0.15) is 11.9 Å². The Kier molecular flexibility index (Phi) is 4.04. The highest BCUT2D eigenvalue weighted by molar-refractivity contribution is 5.45. The number of hydrogen-bond acceptors (Lipinski definition) is 2. The number of aliphatic hydroxyl groups is 1. The van der Waals surface area contributed by atoms with Crippen molar-refractivity contribution in [1.82, 2.24) is 0 Å². The summed E-state index contributed by atoms with van der Waals surface area (Å²) in [5.41, 5.74) is 2.66. The fraction of sp³-hybridized carbons (Fsp3) is 0.250. The van der Waals surface area contributed by atoms with Gasteiger partial charge in [0, 0.05) is 0 Å². The smallest absolute Gasteiger partial charge is 0.159 e. The molecule has 0 bridgehead atoms. The van der Waals surface area contributed by atoms with Crippen LogP contribution in [-0.2, 0) is 0 Å². The van der Waals surface area contributed by atoms with Gasteiger partial charge in [-0.05, 0) is 60.4 Å². The summed E-state index contributed by atoms with van der Waals surface area (Å²) in [5, 5.41) is 10.3. The van der Waals surface area contributed by atoms with E-state index in [1.807, 2.05) is 19.9 Å². The SMILES string of the molecule is COc1cc(C)c(C(O)c2ccc(F)c(F)c2)cc1C. The van der Waals surface area contributed by atoms with E-state index in [2.05, 4.69) is 0 Å². The van der Waals surface area contributed by atoms with Gasteiger partial charge in [-0.25, -0.2) is 8.78 Å². The first-order valence-corrected chi connectivity index (χ1v) is 6.22. The van der Waals surface area contributed by atoms with Crippen LogP contribution >= 0.6 is 0 Å².